The van der Waals surface area contributed by atoms with E-state index in [1.807, 2.05) is 0 Å². The second-order valence-electron chi connectivity index (χ2n) is 3.98. The third-order valence-electron chi connectivity index (χ3n) is 2.56. The number of alkyl halides is 3. The van der Waals surface area contributed by atoms with Gasteiger partial charge in [0.05, 0.1) is 5.69 Å². The van der Waals surface area contributed by atoms with Crippen molar-refractivity contribution in [3.63, 3.8) is 0 Å². The number of halogens is 3. The van der Waals surface area contributed by atoms with Crippen LogP contribution in [-0.2, 0) is 0 Å². The van der Waals surface area contributed by atoms with E-state index in [4.69, 9.17) is 5.26 Å². The lowest BCUT2D eigenvalue weighted by atomic mass is 10.1. The Kier molecular flexibility index (Phi) is 4.42. The molecule has 1 aromatic carbocycles. The van der Waals surface area contributed by atoms with E-state index in [-0.39, 0.29) is 11.3 Å². The maximum Gasteiger partial charge on any atom is 0.573 e. The zero-order chi connectivity index (χ0) is 16.3. The molecule has 22 heavy (non-hydrogen) atoms. The maximum atomic E-state index is 12.1. The predicted molar refractivity (Wildman–Crippen MR) is 73.5 cm³/mol. The fourth-order valence-corrected chi connectivity index (χ4v) is 2.05. The Morgan fingerprint density at radius 2 is 1.95 bits per heavy atom. The van der Waals surface area contributed by atoms with Crippen molar-refractivity contribution >= 4 is 11.8 Å². The second-order valence-corrected chi connectivity index (χ2v) is 4.78. The molecule has 5 nitrogen and oxygen atoms in total. The summed E-state index contributed by atoms with van der Waals surface area (Å²) in [4.78, 5) is 18.3. The summed E-state index contributed by atoms with van der Waals surface area (Å²) in [5.41, 5.74) is -0.364. The van der Waals surface area contributed by atoms with E-state index in [0.717, 1.165) is 12.1 Å². The van der Waals surface area contributed by atoms with Crippen molar-refractivity contribution in [1.82, 2.24) is 9.97 Å². The van der Waals surface area contributed by atoms with Gasteiger partial charge in [-0.1, -0.05) is 11.8 Å². The lowest BCUT2D eigenvalue weighted by molar-refractivity contribution is -0.274. The minimum atomic E-state index is -4.78. The molecule has 0 aliphatic rings. The zero-order valence-electron chi connectivity index (χ0n) is 11.1. The van der Waals surface area contributed by atoms with E-state index in [0.29, 0.717) is 10.7 Å². The van der Waals surface area contributed by atoms with Crippen molar-refractivity contribution in [3.05, 3.63) is 40.2 Å². The first-order valence-corrected chi connectivity index (χ1v) is 7.01. The van der Waals surface area contributed by atoms with Crippen LogP contribution in [0.1, 0.15) is 5.56 Å². The minimum absolute atomic E-state index is 0.106. The van der Waals surface area contributed by atoms with Gasteiger partial charge in [-0.05, 0) is 30.5 Å². The minimum Gasteiger partial charge on any atom is -0.406 e. The standard InChI is InChI=1S/C13H8F3N3O2S/c1-22-12-18-10(9(6-17)11(20)19-12)7-2-4-8(5-3-7)21-13(14,15)16/h2-5H,1H3,(H,18,19,20). The van der Waals surface area contributed by atoms with Gasteiger partial charge in [-0.15, -0.1) is 13.2 Å². The number of aromatic amines is 1. The Balaban J connectivity index is 2.46. The number of nitriles is 1. The van der Waals surface area contributed by atoms with Gasteiger partial charge in [-0.25, -0.2) is 4.98 Å². The van der Waals surface area contributed by atoms with Gasteiger partial charge in [0.1, 0.15) is 17.4 Å². The van der Waals surface area contributed by atoms with Gasteiger partial charge >= 0.3 is 6.36 Å². The second kappa shape index (κ2) is 6.11. The highest BCUT2D eigenvalue weighted by Crippen LogP contribution is 2.27. The fourth-order valence-electron chi connectivity index (χ4n) is 1.68. The average molecular weight is 327 g/mol. The molecule has 0 saturated carbocycles. The molecular formula is C13H8F3N3O2S. The van der Waals surface area contributed by atoms with Gasteiger partial charge in [-0.3, -0.25) is 4.79 Å². The molecule has 0 fully saturated rings. The first-order valence-electron chi connectivity index (χ1n) is 5.78. The molecule has 0 bridgehead atoms. The van der Waals surface area contributed by atoms with Crippen LogP contribution in [0.2, 0.25) is 0 Å². The molecule has 1 N–H and O–H groups in total. The Hall–Kier alpha value is -2.47. The Morgan fingerprint density at radius 3 is 2.45 bits per heavy atom. The topological polar surface area (TPSA) is 78.8 Å². The molecular weight excluding hydrogens is 319 g/mol. The summed E-state index contributed by atoms with van der Waals surface area (Å²) in [5, 5.41) is 9.34. The molecule has 0 saturated heterocycles. The van der Waals surface area contributed by atoms with E-state index >= 15 is 0 Å². The van der Waals surface area contributed by atoms with Crippen molar-refractivity contribution in [2.24, 2.45) is 0 Å². The molecule has 2 rings (SSSR count). The monoisotopic (exact) mass is 327 g/mol. The Bertz CT molecular complexity index is 779. The van der Waals surface area contributed by atoms with E-state index in [2.05, 4.69) is 14.7 Å². The Labute approximate surface area is 126 Å². The first-order chi connectivity index (χ1) is 10.3. The molecule has 9 heteroatoms. The summed E-state index contributed by atoms with van der Waals surface area (Å²) < 4.78 is 40.1. The number of hydrogen-bond donors (Lipinski definition) is 1. The molecule has 1 aromatic heterocycles. The number of rotatable bonds is 3. The number of thioether (sulfide) groups is 1. The predicted octanol–water partition coefficient (Wildman–Crippen LogP) is 2.93. The number of ether oxygens (including phenoxy) is 1. The van der Waals surface area contributed by atoms with Crippen LogP contribution in [0.5, 0.6) is 5.75 Å². The van der Waals surface area contributed by atoms with E-state index in [1.165, 1.54) is 23.9 Å². The van der Waals surface area contributed by atoms with Crippen molar-refractivity contribution < 1.29 is 17.9 Å². The molecule has 0 spiro atoms. The van der Waals surface area contributed by atoms with Crippen molar-refractivity contribution in [2.45, 2.75) is 11.5 Å². The van der Waals surface area contributed by atoms with Gasteiger partial charge < -0.3 is 9.72 Å². The molecule has 114 valence electrons. The molecule has 0 amide bonds. The largest absolute Gasteiger partial charge is 0.573 e. The molecule has 0 aliphatic heterocycles. The van der Waals surface area contributed by atoms with Crippen LogP contribution < -0.4 is 10.3 Å². The quantitative estimate of drug-likeness (QED) is 0.693. The van der Waals surface area contributed by atoms with Crippen molar-refractivity contribution in [3.8, 4) is 23.1 Å². The summed E-state index contributed by atoms with van der Waals surface area (Å²) in [6.45, 7) is 0. The number of benzene rings is 1. The van der Waals surface area contributed by atoms with Gasteiger partial charge in [0.2, 0.25) is 0 Å². The molecule has 2 aromatic rings. The lowest BCUT2D eigenvalue weighted by Gasteiger charge is -2.09. The highest BCUT2D eigenvalue weighted by atomic mass is 32.2. The van der Waals surface area contributed by atoms with Gasteiger partial charge in [-0.2, -0.15) is 5.26 Å². The fraction of sp³-hybridized carbons (Fsp3) is 0.154. The summed E-state index contributed by atoms with van der Waals surface area (Å²) in [7, 11) is 0. The smallest absolute Gasteiger partial charge is 0.406 e. The number of aromatic nitrogens is 2. The molecule has 0 unspecified atom stereocenters. The van der Waals surface area contributed by atoms with Crippen molar-refractivity contribution in [2.75, 3.05) is 6.26 Å². The van der Waals surface area contributed by atoms with Crippen LogP contribution in [0.4, 0.5) is 13.2 Å². The summed E-state index contributed by atoms with van der Waals surface area (Å²) in [6.07, 6.45) is -3.10. The third-order valence-corrected chi connectivity index (χ3v) is 3.14. The van der Waals surface area contributed by atoms with E-state index < -0.39 is 17.7 Å². The zero-order valence-corrected chi connectivity index (χ0v) is 11.9. The van der Waals surface area contributed by atoms with Crippen LogP contribution >= 0.6 is 11.8 Å². The van der Waals surface area contributed by atoms with Crippen LogP contribution in [0.3, 0.4) is 0 Å². The van der Waals surface area contributed by atoms with Crippen molar-refractivity contribution in [1.29, 1.82) is 5.26 Å². The third kappa shape index (κ3) is 3.59. The molecule has 0 aliphatic carbocycles. The normalized spacial score (nSPS) is 11.0. The van der Waals surface area contributed by atoms with Gasteiger partial charge in [0, 0.05) is 5.56 Å². The number of H-pyrrole nitrogens is 1. The molecule has 1 heterocycles. The van der Waals surface area contributed by atoms with Crippen LogP contribution in [0.15, 0.2) is 34.2 Å². The number of hydrogen-bond acceptors (Lipinski definition) is 5. The SMILES string of the molecule is CSc1nc(-c2ccc(OC(F)(F)F)cc2)c(C#N)c(=O)[nH]1. The molecule has 0 radical (unpaired) electrons. The number of nitrogens with one attached hydrogen (secondary N) is 1. The Morgan fingerprint density at radius 1 is 1.32 bits per heavy atom. The highest BCUT2D eigenvalue weighted by molar-refractivity contribution is 7.98. The summed E-state index contributed by atoms with van der Waals surface area (Å²) in [6, 6.07) is 6.52. The van der Waals surface area contributed by atoms with Gasteiger partial charge in [0.25, 0.3) is 5.56 Å². The maximum absolute atomic E-state index is 12.1. The van der Waals surface area contributed by atoms with Crippen LogP contribution in [-0.4, -0.2) is 22.6 Å². The number of nitrogens with zero attached hydrogens (tertiary/aromatic N) is 2. The van der Waals surface area contributed by atoms with E-state index in [1.54, 1.807) is 12.3 Å². The highest BCUT2D eigenvalue weighted by Gasteiger charge is 2.31. The lowest BCUT2D eigenvalue weighted by Crippen LogP contribution is -2.17. The first kappa shape index (κ1) is 15.9. The van der Waals surface area contributed by atoms with Crippen LogP contribution in [0.25, 0.3) is 11.3 Å². The average Bonchev–Trinajstić information content (AvgIpc) is 2.45. The summed E-state index contributed by atoms with van der Waals surface area (Å²) >= 11 is 1.17. The molecule has 0 atom stereocenters. The van der Waals surface area contributed by atoms with Gasteiger partial charge in [0.15, 0.2) is 5.16 Å². The van der Waals surface area contributed by atoms with Crippen LogP contribution in [0, 0.1) is 11.3 Å². The summed E-state index contributed by atoms with van der Waals surface area (Å²) in [5.74, 6) is -0.398. The van der Waals surface area contributed by atoms with E-state index in [9.17, 15) is 18.0 Å².